The molecule has 5 heteroatoms. The van der Waals surface area contributed by atoms with Gasteiger partial charge in [-0.2, -0.15) is 0 Å². The molecular formula is C17H32N2O3. The fraction of sp³-hybridized carbons (Fsp3) is 0.941. The van der Waals surface area contributed by atoms with Gasteiger partial charge in [0.25, 0.3) is 0 Å². The van der Waals surface area contributed by atoms with Gasteiger partial charge in [0, 0.05) is 32.3 Å². The number of carbonyl (C=O) groups is 1. The standard InChI is InChI=1S/C17H32N2O3/c1-16(2,3)22-15(20)19-10-5-7-14(8-11-19)18-13-17(4)9-6-12-21-17/h14,18H,5-13H2,1-4H3. The van der Waals surface area contributed by atoms with Gasteiger partial charge in [-0.05, 0) is 59.8 Å². The van der Waals surface area contributed by atoms with Gasteiger partial charge in [0.05, 0.1) is 5.60 Å². The minimum Gasteiger partial charge on any atom is -0.444 e. The molecule has 0 spiro atoms. The van der Waals surface area contributed by atoms with E-state index >= 15 is 0 Å². The Hall–Kier alpha value is -0.810. The molecule has 5 nitrogen and oxygen atoms in total. The molecule has 0 aromatic heterocycles. The molecule has 2 fully saturated rings. The summed E-state index contributed by atoms with van der Waals surface area (Å²) in [5.41, 5.74) is -0.424. The van der Waals surface area contributed by atoms with Gasteiger partial charge in [-0.3, -0.25) is 0 Å². The smallest absolute Gasteiger partial charge is 0.410 e. The molecule has 22 heavy (non-hydrogen) atoms. The molecule has 2 aliphatic heterocycles. The van der Waals surface area contributed by atoms with Gasteiger partial charge in [0.2, 0.25) is 0 Å². The van der Waals surface area contributed by atoms with Gasteiger partial charge in [0.15, 0.2) is 0 Å². The van der Waals surface area contributed by atoms with Crippen molar-refractivity contribution in [1.82, 2.24) is 10.2 Å². The zero-order chi connectivity index (χ0) is 16.2. The highest BCUT2D eigenvalue weighted by Crippen LogP contribution is 2.24. The van der Waals surface area contributed by atoms with Crippen LogP contribution in [-0.4, -0.2) is 54.5 Å². The van der Waals surface area contributed by atoms with E-state index in [1.54, 1.807) is 0 Å². The summed E-state index contributed by atoms with van der Waals surface area (Å²) < 4.78 is 11.3. The van der Waals surface area contributed by atoms with E-state index in [2.05, 4.69) is 12.2 Å². The number of hydrogen-bond donors (Lipinski definition) is 1. The Bertz CT molecular complexity index is 373. The third-order valence-electron chi connectivity index (χ3n) is 4.44. The molecule has 1 amide bonds. The van der Waals surface area contributed by atoms with Gasteiger partial charge in [-0.15, -0.1) is 0 Å². The van der Waals surface area contributed by atoms with Crippen LogP contribution in [0.15, 0.2) is 0 Å². The quantitative estimate of drug-likeness (QED) is 0.870. The molecule has 2 atom stereocenters. The van der Waals surface area contributed by atoms with Gasteiger partial charge < -0.3 is 19.7 Å². The van der Waals surface area contributed by atoms with Crippen molar-refractivity contribution in [2.24, 2.45) is 0 Å². The van der Waals surface area contributed by atoms with Crippen LogP contribution >= 0.6 is 0 Å². The summed E-state index contributed by atoms with van der Waals surface area (Å²) in [6, 6.07) is 0.466. The fourth-order valence-corrected chi connectivity index (χ4v) is 3.15. The molecule has 0 aromatic carbocycles. The maximum atomic E-state index is 12.2. The number of carbonyl (C=O) groups excluding carboxylic acids is 1. The van der Waals surface area contributed by atoms with Gasteiger partial charge in [0.1, 0.15) is 5.60 Å². The van der Waals surface area contributed by atoms with Crippen molar-refractivity contribution in [3.63, 3.8) is 0 Å². The summed E-state index contributed by atoms with van der Waals surface area (Å²) in [6.45, 7) is 11.3. The first kappa shape index (κ1) is 17.5. The first-order valence-corrected chi connectivity index (χ1v) is 8.63. The van der Waals surface area contributed by atoms with Crippen molar-refractivity contribution >= 4 is 6.09 Å². The van der Waals surface area contributed by atoms with Crippen LogP contribution in [0.1, 0.15) is 59.8 Å². The number of amides is 1. The lowest BCUT2D eigenvalue weighted by Gasteiger charge is -2.27. The average molecular weight is 312 g/mol. The zero-order valence-corrected chi connectivity index (χ0v) is 14.6. The van der Waals surface area contributed by atoms with Gasteiger partial charge in [-0.1, -0.05) is 0 Å². The van der Waals surface area contributed by atoms with E-state index < -0.39 is 5.60 Å². The molecule has 0 aliphatic carbocycles. The predicted octanol–water partition coefficient (Wildman–Crippen LogP) is 2.93. The molecule has 0 saturated carbocycles. The first-order valence-electron chi connectivity index (χ1n) is 8.63. The number of hydrogen-bond acceptors (Lipinski definition) is 4. The Kier molecular flexibility index (Phi) is 5.72. The molecule has 1 N–H and O–H groups in total. The Balaban J connectivity index is 1.76. The molecule has 0 bridgehead atoms. The van der Waals surface area contributed by atoms with Crippen LogP contribution in [0.5, 0.6) is 0 Å². The van der Waals surface area contributed by atoms with E-state index in [0.29, 0.717) is 6.04 Å². The molecule has 2 heterocycles. The monoisotopic (exact) mass is 312 g/mol. The largest absolute Gasteiger partial charge is 0.444 e. The van der Waals surface area contributed by atoms with Crippen molar-refractivity contribution in [2.45, 2.75) is 77.0 Å². The van der Waals surface area contributed by atoms with Crippen molar-refractivity contribution in [1.29, 1.82) is 0 Å². The Labute approximate surface area is 134 Å². The predicted molar refractivity (Wildman–Crippen MR) is 87.0 cm³/mol. The van der Waals surface area contributed by atoms with E-state index in [1.807, 2.05) is 25.7 Å². The molecule has 2 aliphatic rings. The molecule has 2 rings (SSSR count). The van der Waals surface area contributed by atoms with Crippen molar-refractivity contribution in [2.75, 3.05) is 26.2 Å². The van der Waals surface area contributed by atoms with Crippen molar-refractivity contribution < 1.29 is 14.3 Å². The van der Waals surface area contributed by atoms with E-state index in [9.17, 15) is 4.79 Å². The van der Waals surface area contributed by atoms with Crippen LogP contribution in [-0.2, 0) is 9.47 Å². The van der Waals surface area contributed by atoms with Crippen LogP contribution < -0.4 is 5.32 Å². The summed E-state index contributed by atoms with van der Waals surface area (Å²) in [5.74, 6) is 0. The lowest BCUT2D eigenvalue weighted by Crippen LogP contribution is -2.43. The third kappa shape index (κ3) is 5.43. The Morgan fingerprint density at radius 3 is 2.73 bits per heavy atom. The summed E-state index contributed by atoms with van der Waals surface area (Å²) >= 11 is 0. The van der Waals surface area contributed by atoms with Crippen LogP contribution in [0.25, 0.3) is 0 Å². The molecular weight excluding hydrogens is 280 g/mol. The lowest BCUT2D eigenvalue weighted by molar-refractivity contribution is 0.0177. The van der Waals surface area contributed by atoms with Gasteiger partial charge >= 0.3 is 6.09 Å². The Morgan fingerprint density at radius 2 is 2.09 bits per heavy atom. The average Bonchev–Trinajstić information content (AvgIpc) is 2.71. The second-order valence-corrected chi connectivity index (χ2v) is 7.88. The Morgan fingerprint density at radius 1 is 1.32 bits per heavy atom. The highest BCUT2D eigenvalue weighted by molar-refractivity contribution is 5.68. The van der Waals surface area contributed by atoms with Crippen LogP contribution in [0, 0.1) is 0 Å². The number of nitrogens with zero attached hydrogens (tertiary/aromatic N) is 1. The van der Waals surface area contributed by atoms with E-state index in [0.717, 1.165) is 58.3 Å². The number of likely N-dealkylation sites (tertiary alicyclic amines) is 1. The van der Waals surface area contributed by atoms with Crippen LogP contribution in [0.4, 0.5) is 4.79 Å². The number of rotatable bonds is 3. The maximum absolute atomic E-state index is 12.2. The molecule has 128 valence electrons. The molecule has 2 saturated heterocycles. The minimum absolute atomic E-state index is 0.00282. The first-order chi connectivity index (χ1) is 10.3. The zero-order valence-electron chi connectivity index (χ0n) is 14.6. The van der Waals surface area contributed by atoms with Crippen molar-refractivity contribution in [3.05, 3.63) is 0 Å². The third-order valence-corrected chi connectivity index (χ3v) is 4.44. The lowest BCUT2D eigenvalue weighted by atomic mass is 10.0. The maximum Gasteiger partial charge on any atom is 0.410 e. The highest BCUT2D eigenvalue weighted by atomic mass is 16.6. The normalized spacial score (nSPS) is 30.2. The fourth-order valence-electron chi connectivity index (χ4n) is 3.15. The van der Waals surface area contributed by atoms with Crippen molar-refractivity contribution in [3.8, 4) is 0 Å². The second-order valence-electron chi connectivity index (χ2n) is 7.88. The molecule has 0 radical (unpaired) electrons. The topological polar surface area (TPSA) is 50.8 Å². The SMILES string of the molecule is CC(C)(C)OC(=O)N1CCCC(NCC2(C)CCCO2)CC1. The molecule has 0 aromatic rings. The summed E-state index contributed by atoms with van der Waals surface area (Å²) in [4.78, 5) is 14.0. The minimum atomic E-state index is -0.421. The van der Waals surface area contributed by atoms with E-state index in [-0.39, 0.29) is 11.7 Å². The molecule has 2 unspecified atom stereocenters. The number of nitrogens with one attached hydrogen (secondary N) is 1. The summed E-state index contributed by atoms with van der Waals surface area (Å²) in [7, 11) is 0. The second kappa shape index (κ2) is 7.18. The summed E-state index contributed by atoms with van der Waals surface area (Å²) in [6.07, 6.45) is 5.23. The van der Waals surface area contributed by atoms with Gasteiger partial charge in [-0.25, -0.2) is 4.79 Å². The van der Waals surface area contributed by atoms with E-state index in [1.165, 1.54) is 0 Å². The number of ether oxygens (including phenoxy) is 2. The van der Waals surface area contributed by atoms with Crippen LogP contribution in [0.3, 0.4) is 0 Å². The summed E-state index contributed by atoms with van der Waals surface area (Å²) in [5, 5.41) is 3.65. The van der Waals surface area contributed by atoms with E-state index in [4.69, 9.17) is 9.47 Å². The van der Waals surface area contributed by atoms with Crippen LogP contribution in [0.2, 0.25) is 0 Å². The highest BCUT2D eigenvalue weighted by Gasteiger charge is 2.31.